The van der Waals surface area contributed by atoms with Gasteiger partial charge in [0, 0.05) is 16.9 Å². The highest BCUT2D eigenvalue weighted by atomic mass is 79.9. The predicted molar refractivity (Wildman–Crippen MR) is 60.4 cm³/mol. The minimum Gasteiger partial charge on any atom is -0.478 e. The lowest BCUT2D eigenvalue weighted by Crippen LogP contribution is -2.03. The highest BCUT2D eigenvalue weighted by molar-refractivity contribution is 9.10. The van der Waals surface area contributed by atoms with Crippen molar-refractivity contribution in [2.75, 3.05) is 0 Å². The molecule has 0 bridgehead atoms. The third-order valence-corrected chi connectivity index (χ3v) is 2.57. The first-order chi connectivity index (χ1) is 7.18. The molecule has 1 aromatic heterocycles. The normalized spacial score (nSPS) is 10.2. The van der Waals surface area contributed by atoms with E-state index in [1.54, 1.807) is 22.8 Å². The Balaban J connectivity index is 2.63. The molecule has 76 valence electrons. The monoisotopic (exact) mass is 265 g/mol. The molecule has 0 spiro atoms. The minimum atomic E-state index is -0.925. The summed E-state index contributed by atoms with van der Waals surface area (Å²) in [6.45, 7) is 0. The number of carbonyl (C=O) groups is 1. The molecule has 0 saturated heterocycles. The minimum absolute atomic E-state index is 0.286. The first-order valence-electron chi connectivity index (χ1n) is 4.34. The van der Waals surface area contributed by atoms with E-state index in [1.807, 2.05) is 24.5 Å². The summed E-state index contributed by atoms with van der Waals surface area (Å²) in [5, 5.41) is 9.03. The second-order valence-electron chi connectivity index (χ2n) is 3.06. The van der Waals surface area contributed by atoms with Crippen LogP contribution in [0.2, 0.25) is 0 Å². The lowest BCUT2D eigenvalue weighted by molar-refractivity contribution is 0.0697. The summed E-state index contributed by atoms with van der Waals surface area (Å²) in [5.74, 6) is -0.925. The first kappa shape index (κ1) is 9.98. The fraction of sp³-hybridized carbons (Fsp3) is 0. The van der Waals surface area contributed by atoms with Gasteiger partial charge in [-0.3, -0.25) is 0 Å². The second kappa shape index (κ2) is 3.90. The van der Waals surface area contributed by atoms with Crippen LogP contribution in [0.1, 0.15) is 10.4 Å². The maximum absolute atomic E-state index is 11.0. The standard InChI is InChI=1S/C11H8BrNO2/c12-8-3-4-9(11(14)15)10(7-8)13-5-1-2-6-13/h1-7H,(H,14,15). The molecule has 2 aromatic rings. The van der Waals surface area contributed by atoms with Crippen LogP contribution in [-0.4, -0.2) is 15.6 Å². The third kappa shape index (κ3) is 1.94. The SMILES string of the molecule is O=C(O)c1ccc(Br)cc1-n1cccc1. The van der Waals surface area contributed by atoms with Crippen LogP contribution in [-0.2, 0) is 0 Å². The van der Waals surface area contributed by atoms with Gasteiger partial charge in [-0.1, -0.05) is 15.9 Å². The van der Waals surface area contributed by atoms with E-state index in [0.29, 0.717) is 5.69 Å². The Hall–Kier alpha value is -1.55. The summed E-state index contributed by atoms with van der Waals surface area (Å²) in [6.07, 6.45) is 3.63. The molecule has 0 saturated carbocycles. The van der Waals surface area contributed by atoms with Crippen LogP contribution >= 0.6 is 15.9 Å². The summed E-state index contributed by atoms with van der Waals surface area (Å²) in [6, 6.07) is 8.79. The first-order valence-corrected chi connectivity index (χ1v) is 5.14. The van der Waals surface area contributed by atoms with Gasteiger partial charge in [-0.15, -0.1) is 0 Å². The number of aromatic carboxylic acids is 1. The van der Waals surface area contributed by atoms with Crippen molar-refractivity contribution in [3.63, 3.8) is 0 Å². The van der Waals surface area contributed by atoms with E-state index in [2.05, 4.69) is 15.9 Å². The van der Waals surface area contributed by atoms with Gasteiger partial charge in [0.15, 0.2) is 0 Å². The topological polar surface area (TPSA) is 42.2 Å². The van der Waals surface area contributed by atoms with Crippen molar-refractivity contribution in [1.29, 1.82) is 0 Å². The fourth-order valence-corrected chi connectivity index (χ4v) is 1.74. The summed E-state index contributed by atoms with van der Waals surface area (Å²) < 4.78 is 2.63. The van der Waals surface area contributed by atoms with Crippen molar-refractivity contribution in [2.24, 2.45) is 0 Å². The molecular formula is C11H8BrNO2. The molecule has 0 aliphatic carbocycles. The molecule has 0 aliphatic rings. The average molecular weight is 266 g/mol. The molecule has 1 aromatic carbocycles. The lowest BCUT2D eigenvalue weighted by Gasteiger charge is -2.07. The van der Waals surface area contributed by atoms with Crippen LogP contribution in [0.5, 0.6) is 0 Å². The highest BCUT2D eigenvalue weighted by Gasteiger charge is 2.10. The van der Waals surface area contributed by atoms with Gasteiger partial charge in [-0.2, -0.15) is 0 Å². The highest BCUT2D eigenvalue weighted by Crippen LogP contribution is 2.20. The molecule has 3 nitrogen and oxygen atoms in total. The molecule has 0 radical (unpaired) electrons. The van der Waals surface area contributed by atoms with Gasteiger partial charge < -0.3 is 9.67 Å². The van der Waals surface area contributed by atoms with Crippen molar-refractivity contribution in [3.8, 4) is 5.69 Å². The number of halogens is 1. The maximum atomic E-state index is 11.0. The molecule has 1 N–H and O–H groups in total. The Labute approximate surface area is 95.1 Å². The predicted octanol–water partition coefficient (Wildman–Crippen LogP) is 2.94. The smallest absolute Gasteiger partial charge is 0.337 e. The van der Waals surface area contributed by atoms with Crippen molar-refractivity contribution in [3.05, 3.63) is 52.8 Å². The van der Waals surface area contributed by atoms with Gasteiger partial charge in [-0.25, -0.2) is 4.79 Å². The zero-order chi connectivity index (χ0) is 10.8. The van der Waals surface area contributed by atoms with Gasteiger partial charge in [0.2, 0.25) is 0 Å². The van der Waals surface area contributed by atoms with Crippen LogP contribution in [0.4, 0.5) is 0 Å². The Morgan fingerprint density at radius 1 is 1.27 bits per heavy atom. The van der Waals surface area contributed by atoms with Gasteiger partial charge >= 0.3 is 5.97 Å². The van der Waals surface area contributed by atoms with Crippen molar-refractivity contribution in [2.45, 2.75) is 0 Å². The van der Waals surface area contributed by atoms with E-state index >= 15 is 0 Å². The fourth-order valence-electron chi connectivity index (χ4n) is 1.39. The van der Waals surface area contributed by atoms with Gasteiger partial charge in [0.1, 0.15) is 0 Å². The zero-order valence-corrected chi connectivity index (χ0v) is 9.31. The van der Waals surface area contributed by atoms with Crippen molar-refractivity contribution in [1.82, 2.24) is 4.57 Å². The third-order valence-electron chi connectivity index (χ3n) is 2.07. The van der Waals surface area contributed by atoms with Gasteiger partial charge in [0.05, 0.1) is 11.3 Å². The zero-order valence-electron chi connectivity index (χ0n) is 7.72. The van der Waals surface area contributed by atoms with Crippen LogP contribution in [0.25, 0.3) is 5.69 Å². The van der Waals surface area contributed by atoms with Gasteiger partial charge in [0.25, 0.3) is 0 Å². The van der Waals surface area contributed by atoms with Crippen LogP contribution in [0.3, 0.4) is 0 Å². The summed E-state index contributed by atoms with van der Waals surface area (Å²) in [5.41, 5.74) is 0.941. The number of rotatable bonds is 2. The Kier molecular flexibility index (Phi) is 2.60. The summed E-state index contributed by atoms with van der Waals surface area (Å²) >= 11 is 3.32. The molecule has 0 amide bonds. The van der Waals surface area contributed by atoms with Crippen LogP contribution in [0, 0.1) is 0 Å². The number of hydrogen-bond donors (Lipinski definition) is 1. The Bertz CT molecular complexity index is 491. The second-order valence-corrected chi connectivity index (χ2v) is 3.97. The van der Waals surface area contributed by atoms with Crippen LogP contribution in [0.15, 0.2) is 47.2 Å². The van der Waals surface area contributed by atoms with Crippen LogP contribution < -0.4 is 0 Å². The molecule has 4 heteroatoms. The van der Waals surface area contributed by atoms with Crippen molar-refractivity contribution < 1.29 is 9.90 Å². The maximum Gasteiger partial charge on any atom is 0.337 e. The van der Waals surface area contributed by atoms with E-state index in [9.17, 15) is 4.79 Å². The number of benzene rings is 1. The quantitative estimate of drug-likeness (QED) is 0.908. The summed E-state index contributed by atoms with van der Waals surface area (Å²) in [4.78, 5) is 11.0. The van der Waals surface area contributed by atoms with E-state index in [4.69, 9.17) is 5.11 Å². The van der Waals surface area contributed by atoms with E-state index in [-0.39, 0.29) is 5.56 Å². The lowest BCUT2D eigenvalue weighted by atomic mass is 10.2. The molecule has 0 unspecified atom stereocenters. The Morgan fingerprint density at radius 3 is 2.53 bits per heavy atom. The molecule has 0 fully saturated rings. The molecular weight excluding hydrogens is 258 g/mol. The number of nitrogens with zero attached hydrogens (tertiary/aromatic N) is 1. The summed E-state index contributed by atoms with van der Waals surface area (Å²) in [7, 11) is 0. The average Bonchev–Trinajstić information content (AvgIpc) is 2.69. The number of carboxylic acids is 1. The van der Waals surface area contributed by atoms with Gasteiger partial charge in [-0.05, 0) is 30.3 Å². The molecule has 1 heterocycles. The van der Waals surface area contributed by atoms with Crippen molar-refractivity contribution >= 4 is 21.9 Å². The van der Waals surface area contributed by atoms with E-state index < -0.39 is 5.97 Å². The molecule has 0 aliphatic heterocycles. The largest absolute Gasteiger partial charge is 0.478 e. The molecule has 2 rings (SSSR count). The van der Waals surface area contributed by atoms with E-state index in [0.717, 1.165) is 4.47 Å². The molecule has 15 heavy (non-hydrogen) atoms. The molecule has 0 atom stereocenters. The van der Waals surface area contributed by atoms with E-state index in [1.165, 1.54) is 0 Å². The Morgan fingerprint density at radius 2 is 1.93 bits per heavy atom. The number of carboxylic acid groups (broad SMARTS) is 1. The number of hydrogen-bond acceptors (Lipinski definition) is 1. The number of aromatic nitrogens is 1.